The van der Waals surface area contributed by atoms with E-state index in [2.05, 4.69) is 10.6 Å². The number of carbonyl (C=O) groups is 1. The van der Waals surface area contributed by atoms with Crippen LogP contribution in [0.25, 0.3) is 0 Å². The van der Waals surface area contributed by atoms with Gasteiger partial charge in [-0.25, -0.2) is 13.6 Å². The van der Waals surface area contributed by atoms with Crippen molar-refractivity contribution >= 4 is 11.7 Å². The molecule has 0 radical (unpaired) electrons. The van der Waals surface area contributed by atoms with Crippen molar-refractivity contribution in [2.24, 2.45) is 0 Å². The van der Waals surface area contributed by atoms with E-state index in [0.29, 0.717) is 0 Å². The van der Waals surface area contributed by atoms with Crippen LogP contribution in [-0.4, -0.2) is 12.1 Å². The van der Waals surface area contributed by atoms with Crippen LogP contribution in [0.2, 0.25) is 0 Å². The zero-order valence-corrected chi connectivity index (χ0v) is 10.2. The van der Waals surface area contributed by atoms with E-state index in [1.54, 1.807) is 0 Å². The number of rotatable bonds is 2. The molecule has 0 unspecified atom stereocenters. The Labute approximate surface area is 105 Å². The second-order valence-corrected chi connectivity index (χ2v) is 4.66. The highest BCUT2D eigenvalue weighted by molar-refractivity contribution is 5.89. The Morgan fingerprint density at radius 2 is 1.89 bits per heavy atom. The minimum Gasteiger partial charge on any atom is -0.335 e. The van der Waals surface area contributed by atoms with Crippen LogP contribution in [0.3, 0.4) is 0 Å². The van der Waals surface area contributed by atoms with Crippen molar-refractivity contribution in [3.05, 3.63) is 29.3 Å². The van der Waals surface area contributed by atoms with Crippen molar-refractivity contribution in [3.8, 4) is 0 Å². The lowest BCUT2D eigenvalue weighted by atomic mass is 10.2. The first-order valence-electron chi connectivity index (χ1n) is 6.09. The molecule has 1 aromatic rings. The van der Waals surface area contributed by atoms with Gasteiger partial charge in [-0.15, -0.1) is 0 Å². The Morgan fingerprint density at radius 3 is 2.56 bits per heavy atom. The predicted octanol–water partition coefficient (Wildman–Crippen LogP) is 3.34. The van der Waals surface area contributed by atoms with Crippen molar-refractivity contribution in [2.45, 2.75) is 38.6 Å². The van der Waals surface area contributed by atoms with Crippen LogP contribution in [0.5, 0.6) is 0 Å². The number of aryl methyl sites for hydroxylation is 1. The summed E-state index contributed by atoms with van der Waals surface area (Å²) in [6.45, 7) is 1.47. The molecule has 0 aromatic heterocycles. The number of hydrogen-bond donors (Lipinski definition) is 2. The molecule has 18 heavy (non-hydrogen) atoms. The molecule has 0 bridgehead atoms. The van der Waals surface area contributed by atoms with E-state index in [1.165, 1.54) is 6.92 Å². The van der Waals surface area contributed by atoms with Crippen LogP contribution < -0.4 is 10.6 Å². The number of hydrogen-bond acceptors (Lipinski definition) is 1. The number of carbonyl (C=O) groups excluding carboxylic acids is 1. The molecule has 0 saturated heterocycles. The normalized spacial score (nSPS) is 15.7. The van der Waals surface area contributed by atoms with Gasteiger partial charge in [0.15, 0.2) is 0 Å². The van der Waals surface area contributed by atoms with Crippen LogP contribution in [0.4, 0.5) is 19.3 Å². The molecule has 1 saturated carbocycles. The highest BCUT2D eigenvalue weighted by Gasteiger charge is 2.18. The number of anilines is 1. The molecule has 98 valence electrons. The molecule has 1 fully saturated rings. The zero-order valence-electron chi connectivity index (χ0n) is 10.2. The van der Waals surface area contributed by atoms with Gasteiger partial charge in [-0.3, -0.25) is 0 Å². The van der Waals surface area contributed by atoms with Crippen molar-refractivity contribution in [1.29, 1.82) is 0 Å². The number of amides is 2. The van der Waals surface area contributed by atoms with Gasteiger partial charge in [-0.05, 0) is 31.4 Å². The lowest BCUT2D eigenvalue weighted by Gasteiger charge is -2.13. The molecular weight excluding hydrogens is 238 g/mol. The summed E-state index contributed by atoms with van der Waals surface area (Å²) in [5.74, 6) is -1.16. The van der Waals surface area contributed by atoms with Crippen molar-refractivity contribution in [2.75, 3.05) is 5.32 Å². The van der Waals surface area contributed by atoms with E-state index >= 15 is 0 Å². The van der Waals surface area contributed by atoms with E-state index in [0.717, 1.165) is 37.8 Å². The first kappa shape index (κ1) is 12.8. The molecule has 1 aliphatic carbocycles. The predicted molar refractivity (Wildman–Crippen MR) is 65.5 cm³/mol. The summed E-state index contributed by atoms with van der Waals surface area (Å²) in [6.07, 6.45) is 4.08. The first-order chi connectivity index (χ1) is 8.56. The lowest BCUT2D eigenvalue weighted by molar-refractivity contribution is 0.248. The maximum Gasteiger partial charge on any atom is 0.319 e. The third kappa shape index (κ3) is 2.97. The monoisotopic (exact) mass is 254 g/mol. The Morgan fingerprint density at radius 1 is 1.22 bits per heavy atom. The number of benzene rings is 1. The maximum atomic E-state index is 13.5. The summed E-state index contributed by atoms with van der Waals surface area (Å²) in [7, 11) is 0. The zero-order chi connectivity index (χ0) is 13.1. The van der Waals surface area contributed by atoms with Gasteiger partial charge in [0.25, 0.3) is 0 Å². The van der Waals surface area contributed by atoms with E-state index < -0.39 is 17.7 Å². The number of halogens is 2. The van der Waals surface area contributed by atoms with Gasteiger partial charge < -0.3 is 10.6 Å². The fraction of sp³-hybridized carbons (Fsp3) is 0.462. The summed E-state index contributed by atoms with van der Waals surface area (Å²) in [6, 6.07) is 1.73. The molecular formula is C13H16F2N2O. The van der Waals surface area contributed by atoms with Gasteiger partial charge in [-0.1, -0.05) is 12.8 Å². The number of urea groups is 1. The molecule has 1 aliphatic rings. The van der Waals surface area contributed by atoms with Gasteiger partial charge >= 0.3 is 6.03 Å². The highest BCUT2D eigenvalue weighted by atomic mass is 19.1. The van der Waals surface area contributed by atoms with E-state index in [9.17, 15) is 13.6 Å². The highest BCUT2D eigenvalue weighted by Crippen LogP contribution is 2.20. The Hall–Kier alpha value is -1.65. The molecule has 2 rings (SSSR count). The minimum absolute atomic E-state index is 0.131. The molecule has 0 atom stereocenters. The standard InChI is InChI=1S/C13H16F2N2O/c1-8-6-11(15)12(7-10(8)14)17-13(18)16-9-4-2-3-5-9/h6-7,9H,2-5H2,1H3,(H2,16,17,18). The van der Waals surface area contributed by atoms with Crippen LogP contribution in [0.15, 0.2) is 12.1 Å². The smallest absolute Gasteiger partial charge is 0.319 e. The number of nitrogens with one attached hydrogen (secondary N) is 2. The first-order valence-corrected chi connectivity index (χ1v) is 6.09. The average Bonchev–Trinajstić information content (AvgIpc) is 2.78. The Kier molecular flexibility index (Phi) is 3.79. The minimum atomic E-state index is -0.629. The van der Waals surface area contributed by atoms with Gasteiger partial charge in [0.2, 0.25) is 0 Å². The molecule has 0 spiro atoms. The van der Waals surface area contributed by atoms with Crippen LogP contribution in [0.1, 0.15) is 31.2 Å². The topological polar surface area (TPSA) is 41.1 Å². The van der Waals surface area contributed by atoms with Crippen LogP contribution in [-0.2, 0) is 0 Å². The van der Waals surface area contributed by atoms with E-state index in [4.69, 9.17) is 0 Å². The second kappa shape index (κ2) is 5.33. The van der Waals surface area contributed by atoms with Gasteiger partial charge in [0.1, 0.15) is 11.6 Å². The summed E-state index contributed by atoms with van der Waals surface area (Å²) in [4.78, 5) is 11.6. The second-order valence-electron chi connectivity index (χ2n) is 4.66. The van der Waals surface area contributed by atoms with Crippen LogP contribution in [0, 0.1) is 18.6 Å². The fourth-order valence-electron chi connectivity index (χ4n) is 2.16. The van der Waals surface area contributed by atoms with Gasteiger partial charge in [0.05, 0.1) is 5.69 Å². The summed E-state index contributed by atoms with van der Waals surface area (Å²) >= 11 is 0. The van der Waals surface area contributed by atoms with Gasteiger partial charge in [-0.2, -0.15) is 0 Å². The maximum absolute atomic E-state index is 13.5. The van der Waals surface area contributed by atoms with E-state index in [1.807, 2.05) is 0 Å². The van der Waals surface area contributed by atoms with Gasteiger partial charge in [0, 0.05) is 12.1 Å². The Bertz CT molecular complexity index is 457. The quantitative estimate of drug-likeness (QED) is 0.835. The van der Waals surface area contributed by atoms with Crippen molar-refractivity contribution < 1.29 is 13.6 Å². The summed E-state index contributed by atoms with van der Waals surface area (Å²) < 4.78 is 26.8. The van der Waals surface area contributed by atoms with E-state index in [-0.39, 0.29) is 17.3 Å². The largest absolute Gasteiger partial charge is 0.335 e. The molecule has 2 amide bonds. The third-order valence-corrected chi connectivity index (χ3v) is 3.19. The van der Waals surface area contributed by atoms with Crippen LogP contribution >= 0.6 is 0 Å². The summed E-state index contributed by atoms with van der Waals surface area (Å²) in [5, 5.41) is 5.09. The lowest BCUT2D eigenvalue weighted by Crippen LogP contribution is -2.36. The molecule has 2 N–H and O–H groups in total. The molecule has 0 heterocycles. The Balaban J connectivity index is 2.00. The fourth-order valence-corrected chi connectivity index (χ4v) is 2.16. The van der Waals surface area contributed by atoms with Crippen molar-refractivity contribution in [3.63, 3.8) is 0 Å². The van der Waals surface area contributed by atoms with Crippen molar-refractivity contribution in [1.82, 2.24) is 5.32 Å². The molecule has 5 heteroatoms. The molecule has 1 aromatic carbocycles. The average molecular weight is 254 g/mol. The molecule has 3 nitrogen and oxygen atoms in total. The molecule has 0 aliphatic heterocycles. The third-order valence-electron chi connectivity index (χ3n) is 3.19. The SMILES string of the molecule is Cc1cc(F)c(NC(=O)NC2CCCC2)cc1F. The summed E-state index contributed by atoms with van der Waals surface area (Å²) in [5.41, 5.74) is 0.0860.